The van der Waals surface area contributed by atoms with Crippen LogP contribution in [0, 0.1) is 11.8 Å². The van der Waals surface area contributed by atoms with Crippen LogP contribution in [0.4, 0.5) is 0 Å². The summed E-state index contributed by atoms with van der Waals surface area (Å²) in [4.78, 5) is 15.7. The summed E-state index contributed by atoms with van der Waals surface area (Å²) in [5.74, 6) is 0.242. The number of rotatable bonds is 3. The summed E-state index contributed by atoms with van der Waals surface area (Å²) in [5.41, 5.74) is 0. The summed E-state index contributed by atoms with van der Waals surface area (Å²) in [6, 6.07) is 0.124. The number of esters is 1. The van der Waals surface area contributed by atoms with Crippen molar-refractivity contribution in [2.75, 3.05) is 6.61 Å². The fraction of sp³-hybridized carbons (Fsp3) is 0.800. The number of nitrogens with zero attached hydrogens (tertiary/aromatic N) is 1. The van der Waals surface area contributed by atoms with E-state index in [4.69, 9.17) is 4.74 Å². The van der Waals surface area contributed by atoms with E-state index < -0.39 is 0 Å². The average Bonchev–Trinajstić information content (AvgIpc) is 2.50. The Morgan fingerprint density at radius 2 is 2.46 bits per heavy atom. The molecule has 0 radical (unpaired) electrons. The number of hydrogen-bond acceptors (Lipinski definition) is 3. The molecule has 0 unspecified atom stereocenters. The molecule has 0 fully saturated rings. The first kappa shape index (κ1) is 10.2. The Morgan fingerprint density at radius 1 is 1.77 bits per heavy atom. The van der Waals surface area contributed by atoms with Gasteiger partial charge in [0.05, 0.1) is 18.6 Å². The third-order valence-electron chi connectivity index (χ3n) is 2.51. The second-order valence-corrected chi connectivity index (χ2v) is 3.58. The van der Waals surface area contributed by atoms with Gasteiger partial charge in [0.2, 0.25) is 0 Å². The van der Waals surface area contributed by atoms with Crippen molar-refractivity contribution >= 4 is 12.2 Å². The van der Waals surface area contributed by atoms with Gasteiger partial charge in [-0.2, -0.15) is 0 Å². The van der Waals surface area contributed by atoms with Crippen LogP contribution in [0.5, 0.6) is 0 Å². The van der Waals surface area contributed by atoms with E-state index in [0.29, 0.717) is 12.5 Å². The number of ether oxygens (including phenoxy) is 1. The number of aliphatic imine (C=N–C) groups is 1. The lowest BCUT2D eigenvalue weighted by Gasteiger charge is -2.19. The summed E-state index contributed by atoms with van der Waals surface area (Å²) in [6.07, 6.45) is 2.89. The number of hydrogen-bond donors (Lipinski definition) is 0. The molecule has 0 saturated heterocycles. The SMILES string of the molecule is CCOC(=O)[C@H](C)[C@H]1N=CC[C@@H]1C. The van der Waals surface area contributed by atoms with Gasteiger partial charge in [-0.15, -0.1) is 0 Å². The molecular weight excluding hydrogens is 166 g/mol. The average molecular weight is 183 g/mol. The maximum Gasteiger partial charge on any atom is 0.310 e. The molecule has 0 saturated carbocycles. The lowest BCUT2D eigenvalue weighted by atomic mass is 9.92. The molecule has 1 aliphatic heterocycles. The van der Waals surface area contributed by atoms with Gasteiger partial charge in [0.15, 0.2) is 0 Å². The fourth-order valence-corrected chi connectivity index (χ4v) is 1.67. The van der Waals surface area contributed by atoms with E-state index >= 15 is 0 Å². The van der Waals surface area contributed by atoms with Gasteiger partial charge in [-0.05, 0) is 32.4 Å². The van der Waals surface area contributed by atoms with E-state index in [-0.39, 0.29) is 17.9 Å². The van der Waals surface area contributed by atoms with Gasteiger partial charge in [-0.1, -0.05) is 6.92 Å². The molecule has 0 bridgehead atoms. The zero-order valence-corrected chi connectivity index (χ0v) is 8.49. The minimum atomic E-state index is -0.126. The van der Waals surface area contributed by atoms with Crippen LogP contribution in [0.1, 0.15) is 27.2 Å². The summed E-state index contributed by atoms with van der Waals surface area (Å²) < 4.78 is 4.95. The third-order valence-corrected chi connectivity index (χ3v) is 2.51. The van der Waals surface area contributed by atoms with Crippen LogP contribution >= 0.6 is 0 Å². The Bertz CT molecular complexity index is 213. The second-order valence-electron chi connectivity index (χ2n) is 3.58. The van der Waals surface area contributed by atoms with Crippen molar-refractivity contribution in [3.63, 3.8) is 0 Å². The zero-order valence-electron chi connectivity index (χ0n) is 8.49. The van der Waals surface area contributed by atoms with Crippen molar-refractivity contribution in [2.45, 2.75) is 33.2 Å². The van der Waals surface area contributed by atoms with Crippen molar-refractivity contribution in [3.05, 3.63) is 0 Å². The predicted molar refractivity (Wildman–Crippen MR) is 51.9 cm³/mol. The first-order valence-corrected chi connectivity index (χ1v) is 4.85. The van der Waals surface area contributed by atoms with Gasteiger partial charge >= 0.3 is 5.97 Å². The van der Waals surface area contributed by atoms with Crippen LogP contribution in [0.25, 0.3) is 0 Å². The molecule has 1 aliphatic rings. The molecule has 0 aromatic carbocycles. The van der Waals surface area contributed by atoms with Crippen LogP contribution < -0.4 is 0 Å². The fourth-order valence-electron chi connectivity index (χ4n) is 1.67. The summed E-state index contributed by atoms with van der Waals surface area (Å²) in [5, 5.41) is 0. The lowest BCUT2D eigenvalue weighted by molar-refractivity contribution is -0.148. The smallest absolute Gasteiger partial charge is 0.310 e. The van der Waals surface area contributed by atoms with Gasteiger partial charge in [0, 0.05) is 0 Å². The molecule has 3 nitrogen and oxygen atoms in total. The highest BCUT2D eigenvalue weighted by Crippen LogP contribution is 2.24. The van der Waals surface area contributed by atoms with Crippen LogP contribution in [0.3, 0.4) is 0 Å². The molecule has 74 valence electrons. The molecule has 13 heavy (non-hydrogen) atoms. The normalized spacial score (nSPS) is 28.8. The standard InChI is InChI=1S/C10H17NO2/c1-4-13-10(12)8(3)9-7(2)5-6-11-9/h6-9H,4-5H2,1-3H3/t7-,8+,9-/m0/s1. The molecule has 0 aromatic rings. The topological polar surface area (TPSA) is 38.7 Å². The van der Waals surface area contributed by atoms with Crippen LogP contribution in [0.15, 0.2) is 4.99 Å². The van der Waals surface area contributed by atoms with Gasteiger partial charge < -0.3 is 4.74 Å². The first-order chi connectivity index (χ1) is 6.16. The second kappa shape index (κ2) is 4.40. The Kier molecular flexibility index (Phi) is 3.46. The molecule has 0 aliphatic carbocycles. The highest BCUT2D eigenvalue weighted by molar-refractivity contribution is 5.74. The van der Waals surface area contributed by atoms with Gasteiger partial charge in [0.1, 0.15) is 0 Å². The maximum atomic E-state index is 11.4. The van der Waals surface area contributed by atoms with E-state index in [1.54, 1.807) is 0 Å². The Labute approximate surface area is 79.2 Å². The number of carbonyl (C=O) groups excluding carboxylic acids is 1. The zero-order chi connectivity index (χ0) is 9.84. The Morgan fingerprint density at radius 3 is 2.92 bits per heavy atom. The van der Waals surface area contributed by atoms with Crippen LogP contribution in [-0.2, 0) is 9.53 Å². The summed E-state index contributed by atoms with van der Waals surface area (Å²) >= 11 is 0. The molecule has 0 amide bonds. The first-order valence-electron chi connectivity index (χ1n) is 4.85. The molecule has 0 spiro atoms. The van der Waals surface area contributed by atoms with Crippen molar-refractivity contribution in [1.29, 1.82) is 0 Å². The minimum Gasteiger partial charge on any atom is -0.466 e. The van der Waals surface area contributed by atoms with Gasteiger partial charge in [-0.25, -0.2) is 0 Å². The van der Waals surface area contributed by atoms with E-state index in [1.165, 1.54) is 0 Å². The van der Waals surface area contributed by atoms with Gasteiger partial charge in [0.25, 0.3) is 0 Å². The summed E-state index contributed by atoms with van der Waals surface area (Å²) in [6.45, 7) is 6.29. The highest BCUT2D eigenvalue weighted by Gasteiger charge is 2.31. The third kappa shape index (κ3) is 2.29. The van der Waals surface area contributed by atoms with Crippen molar-refractivity contribution in [1.82, 2.24) is 0 Å². The molecule has 3 atom stereocenters. The predicted octanol–water partition coefficient (Wildman–Crippen LogP) is 1.66. The van der Waals surface area contributed by atoms with Gasteiger partial charge in [-0.3, -0.25) is 9.79 Å². The molecule has 1 rings (SSSR count). The van der Waals surface area contributed by atoms with Crippen molar-refractivity contribution in [3.8, 4) is 0 Å². The molecule has 0 aromatic heterocycles. The maximum absolute atomic E-state index is 11.4. The summed E-state index contributed by atoms with van der Waals surface area (Å²) in [7, 11) is 0. The van der Waals surface area contributed by atoms with Crippen LogP contribution in [0.2, 0.25) is 0 Å². The molecule has 1 heterocycles. The largest absolute Gasteiger partial charge is 0.466 e. The Hall–Kier alpha value is -0.860. The lowest BCUT2D eigenvalue weighted by Crippen LogP contribution is -2.28. The number of carbonyl (C=O) groups is 1. The molecular formula is C10H17NO2. The Balaban J connectivity index is 2.51. The molecule has 3 heteroatoms. The van der Waals surface area contributed by atoms with Crippen molar-refractivity contribution < 1.29 is 9.53 Å². The highest BCUT2D eigenvalue weighted by atomic mass is 16.5. The van der Waals surface area contributed by atoms with E-state index in [1.807, 2.05) is 20.1 Å². The van der Waals surface area contributed by atoms with Crippen LogP contribution in [-0.4, -0.2) is 24.8 Å². The van der Waals surface area contributed by atoms with E-state index in [2.05, 4.69) is 11.9 Å². The molecule has 0 N–H and O–H groups in total. The van der Waals surface area contributed by atoms with Crippen molar-refractivity contribution in [2.24, 2.45) is 16.8 Å². The minimum absolute atomic E-state index is 0.103. The van der Waals surface area contributed by atoms with E-state index in [9.17, 15) is 4.79 Å². The quantitative estimate of drug-likeness (QED) is 0.624. The van der Waals surface area contributed by atoms with E-state index in [0.717, 1.165) is 6.42 Å². The monoisotopic (exact) mass is 183 g/mol.